The van der Waals surface area contributed by atoms with Gasteiger partial charge in [-0.05, 0) is 63.4 Å². The lowest BCUT2D eigenvalue weighted by Gasteiger charge is -2.11. The van der Waals surface area contributed by atoms with Crippen molar-refractivity contribution in [1.29, 1.82) is 0 Å². The zero-order chi connectivity index (χ0) is 32.7. The molecule has 0 amide bonds. The first-order valence-electron chi connectivity index (χ1n) is 16.1. The van der Waals surface area contributed by atoms with E-state index in [1.807, 2.05) is 84.9 Å². The Morgan fingerprint density at radius 1 is 0.429 bits per heavy atom. The third kappa shape index (κ3) is 5.09. The lowest BCUT2D eigenvalue weighted by atomic mass is 9.99. The van der Waals surface area contributed by atoms with E-state index >= 15 is 0 Å². The Morgan fingerprint density at radius 3 is 1.86 bits per heavy atom. The summed E-state index contributed by atoms with van der Waals surface area (Å²) in [5.74, 6) is 1.67. The van der Waals surface area contributed by atoms with E-state index in [1.54, 1.807) is 0 Å². The summed E-state index contributed by atoms with van der Waals surface area (Å²) in [5, 5.41) is 4.38. The highest BCUT2D eigenvalue weighted by atomic mass is 16.3. The second kappa shape index (κ2) is 11.7. The van der Waals surface area contributed by atoms with Gasteiger partial charge in [0.15, 0.2) is 23.2 Å². The predicted molar refractivity (Wildman–Crippen MR) is 198 cm³/mol. The standard InChI is InChI=1S/C44H26N4O/c1-45-38-19-8-7-17-35(38)31-15-9-16-32(26-31)42-46-43(33-22-21-28-11-5-6-14-30(28)25-33)48-44(47-42)34-23-24-37-40(27-34)49-39-20-10-18-36(41(37)39)29-12-3-2-4-13-29/h2-27H. The number of furan rings is 1. The van der Waals surface area contributed by atoms with Gasteiger partial charge < -0.3 is 4.42 Å². The number of rotatable bonds is 5. The maximum absolute atomic E-state index is 7.69. The van der Waals surface area contributed by atoms with Gasteiger partial charge in [0.25, 0.3) is 0 Å². The first-order chi connectivity index (χ1) is 24.2. The fourth-order valence-corrected chi connectivity index (χ4v) is 6.56. The number of benzene rings is 7. The Kier molecular flexibility index (Phi) is 6.78. The Bertz CT molecular complexity index is 2740. The molecular weight excluding hydrogens is 601 g/mol. The zero-order valence-corrected chi connectivity index (χ0v) is 26.2. The molecule has 0 saturated heterocycles. The van der Waals surface area contributed by atoms with Crippen LogP contribution in [0.4, 0.5) is 5.69 Å². The second-order valence-corrected chi connectivity index (χ2v) is 11.9. The van der Waals surface area contributed by atoms with E-state index in [1.165, 1.54) is 0 Å². The Labute approximate surface area is 282 Å². The number of aromatic nitrogens is 3. The lowest BCUT2D eigenvalue weighted by molar-refractivity contribution is 0.669. The van der Waals surface area contributed by atoms with Gasteiger partial charge in [0.2, 0.25) is 0 Å². The fraction of sp³-hybridized carbons (Fsp3) is 0. The summed E-state index contributed by atoms with van der Waals surface area (Å²) in [5.41, 5.74) is 8.82. The van der Waals surface area contributed by atoms with E-state index in [9.17, 15) is 0 Å². The molecule has 0 saturated carbocycles. The Hall–Kier alpha value is -6.90. The van der Waals surface area contributed by atoms with Crippen molar-refractivity contribution in [2.75, 3.05) is 0 Å². The van der Waals surface area contributed by atoms with Crippen molar-refractivity contribution >= 4 is 38.4 Å². The van der Waals surface area contributed by atoms with Gasteiger partial charge >= 0.3 is 0 Å². The van der Waals surface area contributed by atoms with E-state index in [-0.39, 0.29) is 0 Å². The number of nitrogens with zero attached hydrogens (tertiary/aromatic N) is 4. The summed E-state index contributed by atoms with van der Waals surface area (Å²) in [6.45, 7) is 7.69. The number of fused-ring (bicyclic) bond motifs is 4. The molecule has 5 heteroatoms. The van der Waals surface area contributed by atoms with E-state index in [0.29, 0.717) is 23.2 Å². The van der Waals surface area contributed by atoms with Gasteiger partial charge in [-0.3, -0.25) is 0 Å². The smallest absolute Gasteiger partial charge is 0.194 e. The molecule has 0 aliphatic rings. The molecule has 5 nitrogen and oxygen atoms in total. The lowest BCUT2D eigenvalue weighted by Crippen LogP contribution is -2.00. The number of para-hydroxylation sites is 1. The second-order valence-electron chi connectivity index (χ2n) is 11.9. The average molecular weight is 627 g/mol. The maximum Gasteiger partial charge on any atom is 0.194 e. The van der Waals surface area contributed by atoms with Crippen molar-refractivity contribution in [2.45, 2.75) is 0 Å². The molecule has 9 aromatic rings. The van der Waals surface area contributed by atoms with E-state index < -0.39 is 0 Å². The van der Waals surface area contributed by atoms with Crippen LogP contribution in [0.25, 0.3) is 94.0 Å². The molecule has 0 N–H and O–H groups in total. The summed E-state index contributed by atoms with van der Waals surface area (Å²) in [6, 6.07) is 53.0. The van der Waals surface area contributed by atoms with E-state index in [0.717, 1.165) is 71.7 Å². The Balaban J connectivity index is 1.22. The molecular formula is C44H26N4O. The van der Waals surface area contributed by atoms with E-state index in [2.05, 4.69) is 77.6 Å². The highest BCUT2D eigenvalue weighted by molar-refractivity contribution is 6.13. The van der Waals surface area contributed by atoms with Crippen LogP contribution in [0, 0.1) is 6.57 Å². The highest BCUT2D eigenvalue weighted by Gasteiger charge is 2.17. The fourth-order valence-electron chi connectivity index (χ4n) is 6.56. The minimum absolute atomic E-state index is 0.547. The topological polar surface area (TPSA) is 56.2 Å². The molecule has 228 valence electrons. The first-order valence-corrected chi connectivity index (χ1v) is 16.1. The Morgan fingerprint density at radius 2 is 1.04 bits per heavy atom. The normalized spacial score (nSPS) is 11.2. The molecule has 2 heterocycles. The van der Waals surface area contributed by atoms with Crippen LogP contribution in [0.15, 0.2) is 162 Å². The summed E-state index contributed by atoms with van der Waals surface area (Å²) in [4.78, 5) is 18.8. The molecule has 0 spiro atoms. The van der Waals surface area contributed by atoms with Gasteiger partial charge in [0.05, 0.1) is 6.57 Å². The zero-order valence-electron chi connectivity index (χ0n) is 26.2. The SMILES string of the molecule is [C-]#[N+]c1ccccc1-c1cccc(-c2nc(-c3ccc4ccccc4c3)nc(-c3ccc4c(c3)oc3cccc(-c5ccccc5)c34)n2)c1. The van der Waals surface area contributed by atoms with Gasteiger partial charge in [-0.2, -0.15) is 0 Å². The molecule has 0 bridgehead atoms. The molecule has 0 atom stereocenters. The molecule has 0 radical (unpaired) electrons. The molecule has 0 aliphatic carbocycles. The van der Waals surface area contributed by atoms with Crippen LogP contribution in [0.3, 0.4) is 0 Å². The molecule has 49 heavy (non-hydrogen) atoms. The van der Waals surface area contributed by atoms with Crippen LogP contribution in [0.5, 0.6) is 0 Å². The van der Waals surface area contributed by atoms with Crippen LogP contribution < -0.4 is 0 Å². The quantitative estimate of drug-likeness (QED) is 0.178. The minimum Gasteiger partial charge on any atom is -0.456 e. The number of hydrogen-bond acceptors (Lipinski definition) is 4. The molecule has 0 fully saturated rings. The van der Waals surface area contributed by atoms with Gasteiger partial charge in [-0.15, -0.1) is 0 Å². The minimum atomic E-state index is 0.547. The van der Waals surface area contributed by atoms with E-state index in [4.69, 9.17) is 25.9 Å². The highest BCUT2D eigenvalue weighted by Crippen LogP contribution is 2.39. The van der Waals surface area contributed by atoms with Crippen molar-refractivity contribution in [3.8, 4) is 56.4 Å². The van der Waals surface area contributed by atoms with Crippen LogP contribution in [0.1, 0.15) is 0 Å². The van der Waals surface area contributed by atoms with Crippen molar-refractivity contribution in [3.05, 3.63) is 169 Å². The molecule has 0 unspecified atom stereocenters. The first kappa shape index (κ1) is 28.3. The third-order valence-electron chi connectivity index (χ3n) is 8.94. The summed E-state index contributed by atoms with van der Waals surface area (Å²) < 4.78 is 6.45. The largest absolute Gasteiger partial charge is 0.456 e. The van der Waals surface area contributed by atoms with Gasteiger partial charge in [-0.1, -0.05) is 127 Å². The third-order valence-corrected chi connectivity index (χ3v) is 8.94. The van der Waals surface area contributed by atoms with Crippen LogP contribution in [-0.4, -0.2) is 15.0 Å². The van der Waals surface area contributed by atoms with Gasteiger partial charge in [-0.25, -0.2) is 19.8 Å². The molecule has 7 aromatic carbocycles. The number of hydrogen-bond donors (Lipinski definition) is 0. The monoisotopic (exact) mass is 626 g/mol. The molecule has 0 aliphatic heterocycles. The van der Waals surface area contributed by atoms with Crippen molar-refractivity contribution in [1.82, 2.24) is 15.0 Å². The van der Waals surface area contributed by atoms with Gasteiger partial charge in [0, 0.05) is 27.5 Å². The average Bonchev–Trinajstić information content (AvgIpc) is 3.56. The summed E-state index contributed by atoms with van der Waals surface area (Å²) in [7, 11) is 0. The van der Waals surface area contributed by atoms with Crippen molar-refractivity contribution in [2.24, 2.45) is 0 Å². The van der Waals surface area contributed by atoms with Crippen LogP contribution in [-0.2, 0) is 0 Å². The van der Waals surface area contributed by atoms with Gasteiger partial charge in [0.1, 0.15) is 11.2 Å². The maximum atomic E-state index is 7.69. The predicted octanol–water partition coefficient (Wildman–Crippen LogP) is 11.8. The molecule has 9 rings (SSSR count). The molecule has 2 aromatic heterocycles. The van der Waals surface area contributed by atoms with Crippen molar-refractivity contribution < 1.29 is 4.42 Å². The summed E-state index contributed by atoms with van der Waals surface area (Å²) in [6.07, 6.45) is 0. The van der Waals surface area contributed by atoms with Crippen LogP contribution >= 0.6 is 0 Å². The van der Waals surface area contributed by atoms with Crippen LogP contribution in [0.2, 0.25) is 0 Å². The van der Waals surface area contributed by atoms with Crippen molar-refractivity contribution in [3.63, 3.8) is 0 Å². The summed E-state index contributed by atoms with van der Waals surface area (Å²) >= 11 is 0.